The lowest BCUT2D eigenvalue weighted by Crippen LogP contribution is -2.38. The first kappa shape index (κ1) is 17.5. The minimum atomic E-state index is -0.341. The van der Waals surface area contributed by atoms with Crippen LogP contribution >= 0.6 is 23.2 Å². The van der Waals surface area contributed by atoms with Gasteiger partial charge in [0.2, 0.25) is 5.91 Å². The molecule has 0 aromatic heterocycles. The van der Waals surface area contributed by atoms with Gasteiger partial charge in [0, 0.05) is 10.0 Å². The Bertz CT molecular complexity index is 678. The normalized spacial score (nSPS) is 11.8. The molecule has 2 rings (SSSR count). The van der Waals surface area contributed by atoms with Crippen molar-refractivity contribution in [3.63, 3.8) is 0 Å². The van der Waals surface area contributed by atoms with Crippen molar-refractivity contribution in [2.75, 3.05) is 6.61 Å². The zero-order chi connectivity index (χ0) is 16.8. The molecule has 0 spiro atoms. The first-order valence-corrected chi connectivity index (χ1v) is 7.86. The van der Waals surface area contributed by atoms with Crippen molar-refractivity contribution >= 4 is 29.1 Å². The number of nitrogens with one attached hydrogen (secondary N) is 1. The summed E-state index contributed by atoms with van der Waals surface area (Å²) in [7, 11) is 0. The molecule has 0 aliphatic rings. The number of carbonyl (C=O) groups excluding carboxylic acids is 1. The standard InChI is InChI=1S/C18H17Cl2NO2/c1-2-18(23)21-17(11-22)7-12-3-5-13(6-4-12)14-8-15(19)10-16(20)9-14/h2-6,8-10,17,22H,1,7,11H2,(H,21,23)/t17-/m1/s1. The fourth-order valence-electron chi connectivity index (χ4n) is 2.26. The Kier molecular flexibility index (Phi) is 6.22. The van der Waals surface area contributed by atoms with E-state index in [1.807, 2.05) is 36.4 Å². The van der Waals surface area contributed by atoms with Crippen LogP contribution in [0.3, 0.4) is 0 Å². The lowest BCUT2D eigenvalue weighted by atomic mass is 10.0. The quantitative estimate of drug-likeness (QED) is 0.777. The Hall–Kier alpha value is -1.81. The average Bonchev–Trinajstić information content (AvgIpc) is 2.53. The maximum Gasteiger partial charge on any atom is 0.243 e. The van der Waals surface area contributed by atoms with Crippen LogP contribution in [-0.4, -0.2) is 23.7 Å². The van der Waals surface area contributed by atoms with Gasteiger partial charge in [0.05, 0.1) is 12.6 Å². The minimum absolute atomic E-state index is 0.134. The Balaban J connectivity index is 2.12. The third-order valence-corrected chi connectivity index (χ3v) is 3.82. The summed E-state index contributed by atoms with van der Waals surface area (Å²) in [6.45, 7) is 3.27. The lowest BCUT2D eigenvalue weighted by molar-refractivity contribution is -0.117. The summed E-state index contributed by atoms with van der Waals surface area (Å²) < 4.78 is 0. The van der Waals surface area contributed by atoms with Gasteiger partial charge in [0.1, 0.15) is 0 Å². The van der Waals surface area contributed by atoms with Gasteiger partial charge in [-0.15, -0.1) is 0 Å². The van der Waals surface area contributed by atoms with Crippen LogP contribution in [0.1, 0.15) is 5.56 Å². The van der Waals surface area contributed by atoms with Gasteiger partial charge in [-0.2, -0.15) is 0 Å². The predicted octanol–water partition coefficient (Wildman–Crippen LogP) is 3.87. The zero-order valence-electron chi connectivity index (χ0n) is 12.4. The van der Waals surface area contributed by atoms with E-state index >= 15 is 0 Å². The molecule has 0 aliphatic carbocycles. The molecule has 23 heavy (non-hydrogen) atoms. The molecule has 120 valence electrons. The van der Waals surface area contributed by atoms with Crippen molar-refractivity contribution in [1.29, 1.82) is 0 Å². The number of rotatable bonds is 6. The van der Waals surface area contributed by atoms with E-state index in [0.29, 0.717) is 16.5 Å². The molecule has 1 amide bonds. The molecule has 2 aromatic carbocycles. The van der Waals surface area contributed by atoms with Gasteiger partial charge >= 0.3 is 0 Å². The first-order chi connectivity index (χ1) is 11.0. The van der Waals surface area contributed by atoms with Crippen LogP contribution in [0, 0.1) is 0 Å². The molecular weight excluding hydrogens is 333 g/mol. The molecule has 1 atom stereocenters. The van der Waals surface area contributed by atoms with Crippen molar-refractivity contribution in [2.45, 2.75) is 12.5 Å². The third kappa shape index (κ3) is 5.10. The second-order valence-corrected chi connectivity index (χ2v) is 6.02. The molecule has 0 radical (unpaired) electrons. The highest BCUT2D eigenvalue weighted by Crippen LogP contribution is 2.27. The second kappa shape index (κ2) is 8.16. The van der Waals surface area contributed by atoms with Crippen LogP contribution in [0.2, 0.25) is 10.0 Å². The van der Waals surface area contributed by atoms with E-state index < -0.39 is 0 Å². The Labute approximate surface area is 145 Å². The van der Waals surface area contributed by atoms with E-state index in [4.69, 9.17) is 23.2 Å². The topological polar surface area (TPSA) is 49.3 Å². The number of halogens is 2. The van der Waals surface area contributed by atoms with E-state index in [2.05, 4.69) is 11.9 Å². The van der Waals surface area contributed by atoms with Gasteiger partial charge in [0.15, 0.2) is 0 Å². The molecule has 5 heteroatoms. The Morgan fingerprint density at radius 2 is 1.74 bits per heavy atom. The Morgan fingerprint density at radius 1 is 1.13 bits per heavy atom. The summed E-state index contributed by atoms with van der Waals surface area (Å²) in [5.74, 6) is -0.297. The molecule has 0 saturated heterocycles. The van der Waals surface area contributed by atoms with Crippen molar-refractivity contribution in [3.05, 3.63) is 70.7 Å². The van der Waals surface area contributed by atoms with E-state index in [1.165, 1.54) is 6.08 Å². The largest absolute Gasteiger partial charge is 0.394 e. The van der Waals surface area contributed by atoms with Crippen LogP contribution in [0.15, 0.2) is 55.1 Å². The highest BCUT2D eigenvalue weighted by molar-refractivity contribution is 6.35. The molecule has 0 fully saturated rings. The number of hydrogen-bond donors (Lipinski definition) is 2. The number of amides is 1. The van der Waals surface area contributed by atoms with Crippen molar-refractivity contribution < 1.29 is 9.90 Å². The van der Waals surface area contributed by atoms with Gasteiger partial charge in [-0.05, 0) is 47.4 Å². The predicted molar refractivity (Wildman–Crippen MR) is 94.8 cm³/mol. The van der Waals surface area contributed by atoms with Crippen molar-refractivity contribution in [2.24, 2.45) is 0 Å². The van der Waals surface area contributed by atoms with Crippen molar-refractivity contribution in [1.82, 2.24) is 5.32 Å². The Morgan fingerprint density at radius 3 is 2.26 bits per heavy atom. The second-order valence-electron chi connectivity index (χ2n) is 5.15. The lowest BCUT2D eigenvalue weighted by Gasteiger charge is -2.15. The number of aliphatic hydroxyl groups excluding tert-OH is 1. The maximum absolute atomic E-state index is 11.3. The highest BCUT2D eigenvalue weighted by atomic mass is 35.5. The summed E-state index contributed by atoms with van der Waals surface area (Å²) >= 11 is 12.0. The molecule has 2 aromatic rings. The molecule has 0 bridgehead atoms. The SMILES string of the molecule is C=CC(=O)N[C@@H](CO)Cc1ccc(-c2cc(Cl)cc(Cl)c2)cc1. The van der Waals surface area contributed by atoms with E-state index in [1.54, 1.807) is 6.07 Å². The van der Waals surface area contributed by atoms with Crippen LogP contribution in [0.25, 0.3) is 11.1 Å². The van der Waals surface area contributed by atoms with E-state index in [-0.39, 0.29) is 18.6 Å². The summed E-state index contributed by atoms with van der Waals surface area (Å²) in [6, 6.07) is 12.9. The number of benzene rings is 2. The average molecular weight is 350 g/mol. The molecule has 2 N–H and O–H groups in total. The van der Waals surface area contributed by atoms with Gasteiger partial charge in [-0.25, -0.2) is 0 Å². The van der Waals surface area contributed by atoms with Crippen LogP contribution in [-0.2, 0) is 11.2 Å². The van der Waals surface area contributed by atoms with Gasteiger partial charge in [-0.3, -0.25) is 4.79 Å². The maximum atomic E-state index is 11.3. The van der Waals surface area contributed by atoms with E-state index in [0.717, 1.165) is 16.7 Å². The third-order valence-electron chi connectivity index (χ3n) is 3.38. The number of carbonyl (C=O) groups is 1. The summed E-state index contributed by atoms with van der Waals surface area (Å²) in [6.07, 6.45) is 1.72. The fraction of sp³-hybridized carbons (Fsp3) is 0.167. The molecular formula is C18H17Cl2NO2. The van der Waals surface area contributed by atoms with Crippen LogP contribution in [0.4, 0.5) is 0 Å². The summed E-state index contributed by atoms with van der Waals surface area (Å²) in [5, 5.41) is 13.2. The summed E-state index contributed by atoms with van der Waals surface area (Å²) in [5.41, 5.74) is 2.94. The fourth-order valence-corrected chi connectivity index (χ4v) is 2.79. The monoisotopic (exact) mass is 349 g/mol. The van der Waals surface area contributed by atoms with Crippen LogP contribution < -0.4 is 5.32 Å². The number of hydrogen-bond acceptors (Lipinski definition) is 2. The molecule has 0 heterocycles. The van der Waals surface area contributed by atoms with Crippen LogP contribution in [0.5, 0.6) is 0 Å². The summed E-state index contributed by atoms with van der Waals surface area (Å²) in [4.78, 5) is 11.3. The van der Waals surface area contributed by atoms with Gasteiger partial charge < -0.3 is 10.4 Å². The molecule has 3 nitrogen and oxygen atoms in total. The van der Waals surface area contributed by atoms with Gasteiger partial charge in [0.25, 0.3) is 0 Å². The first-order valence-electron chi connectivity index (χ1n) is 7.11. The smallest absolute Gasteiger partial charge is 0.243 e. The van der Waals surface area contributed by atoms with Crippen molar-refractivity contribution in [3.8, 4) is 11.1 Å². The molecule has 0 unspecified atom stereocenters. The molecule has 0 saturated carbocycles. The molecule has 0 aliphatic heterocycles. The van der Waals surface area contributed by atoms with E-state index in [9.17, 15) is 9.90 Å². The number of aliphatic hydroxyl groups is 1. The minimum Gasteiger partial charge on any atom is -0.394 e. The zero-order valence-corrected chi connectivity index (χ0v) is 13.9. The van der Waals surface area contributed by atoms with Gasteiger partial charge in [-0.1, -0.05) is 54.0 Å². The highest BCUT2D eigenvalue weighted by Gasteiger charge is 2.10.